The van der Waals surface area contributed by atoms with Crippen molar-refractivity contribution >= 4 is 17.7 Å². The molecule has 1 saturated heterocycles. The number of likely N-dealkylation sites (tertiary alicyclic amines) is 1. The van der Waals surface area contributed by atoms with Crippen molar-refractivity contribution < 1.29 is 18.0 Å². The van der Waals surface area contributed by atoms with E-state index in [-0.39, 0.29) is 34.7 Å². The fourth-order valence-corrected chi connectivity index (χ4v) is 5.29. The Morgan fingerprint density at radius 1 is 0.909 bits per heavy atom. The lowest BCUT2D eigenvalue weighted by atomic mass is 10.1. The Hall–Kier alpha value is -2.77. The molecule has 33 heavy (non-hydrogen) atoms. The molecule has 0 spiro atoms. The first kappa shape index (κ1) is 23.4. The number of carbonyl (C=O) groups excluding carboxylic acids is 1. The predicted molar refractivity (Wildman–Crippen MR) is 124 cm³/mol. The molecule has 3 aromatic rings. The summed E-state index contributed by atoms with van der Waals surface area (Å²) in [5.41, 5.74) is 1.76. The molecular formula is C26H25F3N2OS. The number of benzene rings is 3. The molecule has 1 N–H and O–H groups in total. The second-order valence-electron chi connectivity index (χ2n) is 8.17. The summed E-state index contributed by atoms with van der Waals surface area (Å²) in [6.07, 6.45) is 1.19. The first-order valence-corrected chi connectivity index (χ1v) is 11.8. The van der Waals surface area contributed by atoms with Gasteiger partial charge >= 0.3 is 0 Å². The molecule has 172 valence electrons. The van der Waals surface area contributed by atoms with Crippen LogP contribution in [0.3, 0.4) is 0 Å². The summed E-state index contributed by atoms with van der Waals surface area (Å²) >= 11 is 1.63. The van der Waals surface area contributed by atoms with Crippen LogP contribution in [-0.2, 0) is 17.8 Å². The highest BCUT2D eigenvalue weighted by atomic mass is 32.2. The number of nitrogens with one attached hydrogen (secondary N) is 1. The van der Waals surface area contributed by atoms with E-state index in [1.807, 2.05) is 6.07 Å². The van der Waals surface area contributed by atoms with Crippen LogP contribution >= 0.6 is 11.8 Å². The van der Waals surface area contributed by atoms with Gasteiger partial charge in [-0.3, -0.25) is 9.69 Å². The Bertz CT molecular complexity index is 1080. The molecule has 0 unspecified atom stereocenters. The highest BCUT2D eigenvalue weighted by Gasteiger charge is 2.37. The summed E-state index contributed by atoms with van der Waals surface area (Å²) in [5, 5.41) is 3.15. The zero-order valence-electron chi connectivity index (χ0n) is 18.0. The number of nitrogens with zero attached hydrogens (tertiary/aromatic N) is 1. The highest BCUT2D eigenvalue weighted by molar-refractivity contribution is 8.00. The van der Waals surface area contributed by atoms with Gasteiger partial charge in [0.2, 0.25) is 5.91 Å². The van der Waals surface area contributed by atoms with E-state index in [0.717, 1.165) is 16.0 Å². The van der Waals surface area contributed by atoms with E-state index in [4.69, 9.17) is 0 Å². The fraction of sp³-hybridized carbons (Fsp3) is 0.269. The zero-order valence-corrected chi connectivity index (χ0v) is 18.8. The normalized spacial score (nSPS) is 18.4. The van der Waals surface area contributed by atoms with Crippen molar-refractivity contribution in [2.45, 2.75) is 35.6 Å². The molecule has 0 aromatic heterocycles. The van der Waals surface area contributed by atoms with Gasteiger partial charge in [-0.05, 0) is 72.5 Å². The minimum atomic E-state index is -0.333. The molecule has 4 rings (SSSR count). The van der Waals surface area contributed by atoms with E-state index < -0.39 is 0 Å². The fourth-order valence-electron chi connectivity index (χ4n) is 4.06. The second-order valence-corrected chi connectivity index (χ2v) is 9.55. The molecule has 1 amide bonds. The topological polar surface area (TPSA) is 32.3 Å². The lowest BCUT2D eigenvalue weighted by Gasteiger charge is -2.23. The average Bonchev–Trinajstić information content (AvgIpc) is 3.19. The SMILES string of the molecule is O=C(NCCc1cccc(F)c1)[C@@H]1C[C@@H](Sc2ccc(F)cc2)CN1Cc1ccc(F)cc1. The third-order valence-corrected chi connectivity index (χ3v) is 6.90. The third kappa shape index (κ3) is 6.62. The minimum absolute atomic E-state index is 0.0734. The van der Waals surface area contributed by atoms with Gasteiger partial charge in [0, 0.05) is 29.8 Å². The van der Waals surface area contributed by atoms with Crippen LogP contribution in [0.5, 0.6) is 0 Å². The van der Waals surface area contributed by atoms with Crippen LogP contribution in [0.2, 0.25) is 0 Å². The number of thioether (sulfide) groups is 1. The van der Waals surface area contributed by atoms with Crippen LogP contribution < -0.4 is 5.32 Å². The van der Waals surface area contributed by atoms with Crippen LogP contribution in [0.4, 0.5) is 13.2 Å². The van der Waals surface area contributed by atoms with Gasteiger partial charge in [-0.15, -0.1) is 11.8 Å². The maximum absolute atomic E-state index is 13.4. The van der Waals surface area contributed by atoms with E-state index in [9.17, 15) is 18.0 Å². The second kappa shape index (κ2) is 10.9. The quantitative estimate of drug-likeness (QED) is 0.491. The molecule has 1 aliphatic heterocycles. The summed E-state index contributed by atoms with van der Waals surface area (Å²) in [5.74, 6) is -0.938. The van der Waals surface area contributed by atoms with Gasteiger partial charge < -0.3 is 5.32 Å². The van der Waals surface area contributed by atoms with Gasteiger partial charge in [0.05, 0.1) is 6.04 Å². The molecule has 0 saturated carbocycles. The molecule has 2 atom stereocenters. The van der Waals surface area contributed by atoms with Gasteiger partial charge in [-0.2, -0.15) is 0 Å². The van der Waals surface area contributed by atoms with Gasteiger partial charge in [-0.1, -0.05) is 24.3 Å². The maximum Gasteiger partial charge on any atom is 0.237 e. The predicted octanol–water partition coefficient (Wildman–Crippen LogP) is 5.20. The van der Waals surface area contributed by atoms with Crippen LogP contribution in [0.25, 0.3) is 0 Å². The molecule has 0 aliphatic carbocycles. The number of hydrogen-bond acceptors (Lipinski definition) is 3. The Balaban J connectivity index is 1.41. The third-order valence-electron chi connectivity index (χ3n) is 5.68. The van der Waals surface area contributed by atoms with Gasteiger partial charge in [0.15, 0.2) is 0 Å². The van der Waals surface area contributed by atoms with Gasteiger partial charge in [0.1, 0.15) is 17.5 Å². The Morgan fingerprint density at radius 3 is 2.30 bits per heavy atom. The van der Waals surface area contributed by atoms with E-state index in [0.29, 0.717) is 32.5 Å². The first-order chi connectivity index (χ1) is 16.0. The molecule has 3 nitrogen and oxygen atoms in total. The molecule has 1 fully saturated rings. The van der Waals surface area contributed by atoms with Crippen LogP contribution in [0.1, 0.15) is 17.5 Å². The molecule has 7 heteroatoms. The summed E-state index contributed by atoms with van der Waals surface area (Å²) in [6, 6.07) is 18.7. The Morgan fingerprint density at radius 2 is 1.61 bits per heavy atom. The summed E-state index contributed by atoms with van der Waals surface area (Å²) in [6.45, 7) is 1.63. The summed E-state index contributed by atoms with van der Waals surface area (Å²) in [4.78, 5) is 16.1. The lowest BCUT2D eigenvalue weighted by molar-refractivity contribution is -0.125. The molecule has 0 bridgehead atoms. The van der Waals surface area contributed by atoms with Crippen LogP contribution in [0.15, 0.2) is 77.7 Å². The molecular weight excluding hydrogens is 445 g/mol. The van der Waals surface area contributed by atoms with E-state index in [2.05, 4.69) is 10.2 Å². The maximum atomic E-state index is 13.4. The van der Waals surface area contributed by atoms with Crippen LogP contribution in [0, 0.1) is 17.5 Å². The number of rotatable bonds is 8. The minimum Gasteiger partial charge on any atom is -0.354 e. The number of amides is 1. The van der Waals surface area contributed by atoms with Crippen molar-refractivity contribution in [3.63, 3.8) is 0 Å². The summed E-state index contributed by atoms with van der Waals surface area (Å²) in [7, 11) is 0. The number of halogens is 3. The average molecular weight is 471 g/mol. The molecule has 1 heterocycles. The van der Waals surface area contributed by atoms with Crippen molar-refractivity contribution in [2.75, 3.05) is 13.1 Å². The largest absolute Gasteiger partial charge is 0.354 e. The van der Waals surface area contributed by atoms with Gasteiger partial charge in [0.25, 0.3) is 0 Å². The first-order valence-electron chi connectivity index (χ1n) is 10.9. The van der Waals surface area contributed by atoms with Crippen molar-refractivity contribution in [1.82, 2.24) is 10.2 Å². The smallest absolute Gasteiger partial charge is 0.237 e. The molecule has 1 aliphatic rings. The number of hydrogen-bond donors (Lipinski definition) is 1. The van der Waals surface area contributed by atoms with Crippen molar-refractivity contribution in [3.05, 3.63) is 101 Å². The van der Waals surface area contributed by atoms with E-state index in [1.54, 1.807) is 42.1 Å². The Labute approximate surface area is 196 Å². The van der Waals surface area contributed by atoms with Crippen molar-refractivity contribution in [2.24, 2.45) is 0 Å². The van der Waals surface area contributed by atoms with E-state index in [1.165, 1.54) is 36.4 Å². The van der Waals surface area contributed by atoms with Gasteiger partial charge in [-0.25, -0.2) is 13.2 Å². The standard InChI is InChI=1S/C26H25F3N2OS/c27-20-6-4-19(5-7-20)16-31-17-24(33-23-10-8-21(28)9-11-23)15-25(31)26(32)30-13-12-18-2-1-3-22(29)14-18/h1-11,14,24-25H,12-13,15-17H2,(H,30,32)/t24-,25+/m1/s1. The number of carbonyl (C=O) groups is 1. The zero-order chi connectivity index (χ0) is 23.2. The summed E-state index contributed by atoms with van der Waals surface area (Å²) < 4.78 is 39.9. The van der Waals surface area contributed by atoms with Crippen LogP contribution in [-0.4, -0.2) is 35.2 Å². The van der Waals surface area contributed by atoms with Crippen molar-refractivity contribution in [3.8, 4) is 0 Å². The van der Waals surface area contributed by atoms with E-state index >= 15 is 0 Å². The Kier molecular flexibility index (Phi) is 7.73. The highest BCUT2D eigenvalue weighted by Crippen LogP contribution is 2.34. The lowest BCUT2D eigenvalue weighted by Crippen LogP contribution is -2.43. The molecule has 0 radical (unpaired) electrons. The molecule has 3 aromatic carbocycles. The monoisotopic (exact) mass is 470 g/mol. The van der Waals surface area contributed by atoms with Crippen molar-refractivity contribution in [1.29, 1.82) is 0 Å².